The lowest BCUT2D eigenvalue weighted by Gasteiger charge is -2.20. The highest BCUT2D eigenvalue weighted by atomic mass is 127. The van der Waals surface area contributed by atoms with Crippen molar-refractivity contribution < 1.29 is 9.53 Å². The topological polar surface area (TPSA) is 42.7 Å². The number of amides is 1. The molecule has 0 radical (unpaired) electrons. The van der Waals surface area contributed by atoms with Gasteiger partial charge in [-0.2, -0.15) is 0 Å². The Morgan fingerprint density at radius 2 is 2.12 bits per heavy atom. The summed E-state index contributed by atoms with van der Waals surface area (Å²) in [5.41, 5.74) is 0.669. The molecule has 0 saturated carbocycles. The Hall–Kier alpha value is -1.29. The molecule has 17 heavy (non-hydrogen) atoms. The highest BCUT2D eigenvalue weighted by Crippen LogP contribution is 2.24. The second-order valence-electron chi connectivity index (χ2n) is 4.40. The normalized spacial score (nSPS) is 10.5. The van der Waals surface area contributed by atoms with E-state index < -0.39 is 11.7 Å². The van der Waals surface area contributed by atoms with E-state index in [2.05, 4.69) is 32.8 Å². The molecular formula is C12H13IN2O2. The quantitative estimate of drug-likeness (QED) is 0.613. The number of carbonyl (C=O) groups is 1. The lowest BCUT2D eigenvalue weighted by Crippen LogP contribution is -2.27. The van der Waals surface area contributed by atoms with Crippen LogP contribution in [0.1, 0.15) is 20.8 Å². The molecule has 0 aliphatic carbocycles. The predicted octanol–water partition coefficient (Wildman–Crippen LogP) is 4.19. The van der Waals surface area contributed by atoms with E-state index in [-0.39, 0.29) is 0 Å². The second-order valence-corrected chi connectivity index (χ2v) is 5.57. The van der Waals surface area contributed by atoms with Crippen molar-refractivity contribution in [2.75, 3.05) is 5.32 Å². The molecule has 0 aliphatic rings. The monoisotopic (exact) mass is 344 g/mol. The molecule has 1 N–H and O–H groups in total. The fourth-order valence-electron chi connectivity index (χ4n) is 1.09. The maximum Gasteiger partial charge on any atom is 0.412 e. The summed E-state index contributed by atoms with van der Waals surface area (Å²) in [4.78, 5) is 14.8. The minimum absolute atomic E-state index is 0.494. The van der Waals surface area contributed by atoms with Gasteiger partial charge in [0.2, 0.25) is 0 Å². The summed E-state index contributed by atoms with van der Waals surface area (Å²) in [6.07, 6.45) is -0.494. The first-order valence-corrected chi connectivity index (χ1v) is 6.07. The average molecular weight is 344 g/mol. The van der Waals surface area contributed by atoms with Crippen LogP contribution in [0.25, 0.3) is 4.85 Å². The van der Waals surface area contributed by atoms with Gasteiger partial charge in [-0.1, -0.05) is 6.07 Å². The maximum atomic E-state index is 11.5. The van der Waals surface area contributed by atoms with E-state index in [1.165, 1.54) is 0 Å². The molecule has 0 unspecified atom stereocenters. The first-order valence-electron chi connectivity index (χ1n) is 4.99. The molecule has 0 bridgehead atoms. The molecule has 0 spiro atoms. The zero-order valence-electron chi connectivity index (χ0n) is 9.87. The Kier molecular flexibility index (Phi) is 4.34. The first-order chi connectivity index (χ1) is 7.81. The third-order valence-electron chi connectivity index (χ3n) is 1.72. The van der Waals surface area contributed by atoms with Crippen LogP contribution in [0, 0.1) is 10.1 Å². The largest absolute Gasteiger partial charge is 0.444 e. The molecule has 0 atom stereocenters. The molecule has 0 saturated heterocycles. The van der Waals surface area contributed by atoms with Crippen LogP contribution in [0.15, 0.2) is 18.2 Å². The molecule has 0 aromatic heterocycles. The van der Waals surface area contributed by atoms with Crippen molar-refractivity contribution in [3.8, 4) is 0 Å². The van der Waals surface area contributed by atoms with Gasteiger partial charge in [0, 0.05) is 3.57 Å². The van der Waals surface area contributed by atoms with E-state index in [1.54, 1.807) is 39.0 Å². The third-order valence-corrected chi connectivity index (χ3v) is 2.61. The smallest absolute Gasteiger partial charge is 0.412 e. The van der Waals surface area contributed by atoms with Gasteiger partial charge < -0.3 is 4.74 Å². The van der Waals surface area contributed by atoms with Gasteiger partial charge in [-0.25, -0.2) is 9.64 Å². The number of benzene rings is 1. The molecular weight excluding hydrogens is 331 g/mol. The van der Waals surface area contributed by atoms with Crippen molar-refractivity contribution in [1.29, 1.82) is 0 Å². The van der Waals surface area contributed by atoms with Gasteiger partial charge in [0.25, 0.3) is 0 Å². The summed E-state index contributed by atoms with van der Waals surface area (Å²) in [5, 5.41) is 2.65. The molecule has 1 rings (SSSR count). The molecule has 0 heterocycles. The van der Waals surface area contributed by atoms with Gasteiger partial charge in [0.1, 0.15) is 5.60 Å². The number of anilines is 1. The van der Waals surface area contributed by atoms with Gasteiger partial charge in [-0.05, 0) is 55.5 Å². The van der Waals surface area contributed by atoms with Gasteiger partial charge in [-0.15, -0.1) is 0 Å². The molecule has 90 valence electrons. The Morgan fingerprint density at radius 1 is 1.47 bits per heavy atom. The number of hydrogen-bond donors (Lipinski definition) is 1. The van der Waals surface area contributed by atoms with E-state index in [9.17, 15) is 4.79 Å². The number of carbonyl (C=O) groups excluding carboxylic acids is 1. The number of nitrogens with one attached hydrogen (secondary N) is 1. The zero-order chi connectivity index (χ0) is 13.1. The maximum absolute atomic E-state index is 11.5. The van der Waals surface area contributed by atoms with Gasteiger partial charge in [0.15, 0.2) is 5.69 Å². The molecule has 5 heteroatoms. The zero-order valence-corrected chi connectivity index (χ0v) is 12.0. The van der Waals surface area contributed by atoms with Crippen LogP contribution in [0.4, 0.5) is 16.2 Å². The van der Waals surface area contributed by atoms with Crippen LogP contribution in [-0.4, -0.2) is 11.7 Å². The number of rotatable bonds is 1. The van der Waals surface area contributed by atoms with Crippen LogP contribution in [-0.2, 0) is 4.74 Å². The molecule has 1 amide bonds. The van der Waals surface area contributed by atoms with Crippen molar-refractivity contribution in [2.45, 2.75) is 26.4 Å². The Morgan fingerprint density at radius 3 is 2.59 bits per heavy atom. The highest BCUT2D eigenvalue weighted by molar-refractivity contribution is 14.1. The summed E-state index contributed by atoms with van der Waals surface area (Å²) < 4.78 is 5.95. The van der Waals surface area contributed by atoms with Crippen LogP contribution in [0.2, 0.25) is 0 Å². The highest BCUT2D eigenvalue weighted by Gasteiger charge is 2.16. The summed E-state index contributed by atoms with van der Waals surface area (Å²) in [6.45, 7) is 12.3. The number of nitrogens with zero attached hydrogens (tertiary/aromatic N) is 1. The van der Waals surface area contributed by atoms with Gasteiger partial charge in [0.05, 0.1) is 12.3 Å². The van der Waals surface area contributed by atoms with Crippen molar-refractivity contribution in [3.05, 3.63) is 33.2 Å². The second kappa shape index (κ2) is 5.36. The molecule has 4 nitrogen and oxygen atoms in total. The third kappa shape index (κ3) is 4.61. The summed E-state index contributed by atoms with van der Waals surface area (Å²) in [6, 6.07) is 5.06. The molecule has 1 aromatic rings. The van der Waals surface area contributed by atoms with Gasteiger partial charge >= 0.3 is 6.09 Å². The van der Waals surface area contributed by atoms with Crippen molar-refractivity contribution >= 4 is 40.1 Å². The fourth-order valence-corrected chi connectivity index (χ4v) is 1.72. The molecule has 1 aromatic carbocycles. The van der Waals surface area contributed by atoms with E-state index >= 15 is 0 Å². The lowest BCUT2D eigenvalue weighted by molar-refractivity contribution is 0.0636. The van der Waals surface area contributed by atoms with Gasteiger partial charge in [-0.3, -0.25) is 5.32 Å². The van der Waals surface area contributed by atoms with E-state index in [4.69, 9.17) is 11.3 Å². The van der Waals surface area contributed by atoms with E-state index in [0.29, 0.717) is 11.4 Å². The number of halogens is 1. The Bertz CT molecular complexity index is 472. The minimum Gasteiger partial charge on any atom is -0.444 e. The number of hydrogen-bond acceptors (Lipinski definition) is 2. The Balaban J connectivity index is 2.76. The SMILES string of the molecule is [C-]#[N+]c1ccc(NC(=O)OC(C)(C)C)c(I)c1. The fraction of sp³-hybridized carbons (Fsp3) is 0.333. The molecule has 0 aliphatic heterocycles. The van der Waals surface area contributed by atoms with Crippen LogP contribution >= 0.6 is 22.6 Å². The van der Waals surface area contributed by atoms with E-state index in [0.717, 1.165) is 3.57 Å². The lowest BCUT2D eigenvalue weighted by atomic mass is 10.2. The summed E-state index contributed by atoms with van der Waals surface area (Å²) >= 11 is 2.07. The predicted molar refractivity (Wildman–Crippen MR) is 75.3 cm³/mol. The molecule has 0 fully saturated rings. The Labute approximate surface area is 114 Å². The first kappa shape index (κ1) is 13.8. The average Bonchev–Trinajstić information content (AvgIpc) is 2.18. The van der Waals surface area contributed by atoms with Crippen LogP contribution < -0.4 is 5.32 Å². The number of ether oxygens (including phenoxy) is 1. The summed E-state index contributed by atoms with van der Waals surface area (Å²) in [7, 11) is 0. The van der Waals surface area contributed by atoms with E-state index in [1.807, 2.05) is 0 Å². The van der Waals surface area contributed by atoms with Crippen LogP contribution in [0.5, 0.6) is 0 Å². The summed E-state index contributed by atoms with van der Waals surface area (Å²) in [5.74, 6) is 0. The van der Waals surface area contributed by atoms with Crippen LogP contribution in [0.3, 0.4) is 0 Å². The minimum atomic E-state index is -0.522. The van der Waals surface area contributed by atoms with Crippen molar-refractivity contribution in [3.63, 3.8) is 0 Å². The van der Waals surface area contributed by atoms with Crippen molar-refractivity contribution in [1.82, 2.24) is 0 Å². The van der Waals surface area contributed by atoms with Crippen molar-refractivity contribution in [2.24, 2.45) is 0 Å². The standard InChI is InChI=1S/C12H13IN2O2/c1-12(2,3)17-11(16)15-10-6-5-8(14-4)7-9(10)13/h5-7H,1-3H3,(H,15,16).